The van der Waals surface area contributed by atoms with Crippen LogP contribution in [0, 0.1) is 19.7 Å². The van der Waals surface area contributed by atoms with Gasteiger partial charge < -0.3 is 10.2 Å². The summed E-state index contributed by atoms with van der Waals surface area (Å²) >= 11 is 0. The third-order valence-electron chi connectivity index (χ3n) is 5.09. The van der Waals surface area contributed by atoms with Crippen LogP contribution in [-0.4, -0.2) is 27.3 Å². The Morgan fingerprint density at radius 2 is 2.12 bits per heavy atom. The molecule has 1 N–H and O–H groups in total. The predicted octanol–water partition coefficient (Wildman–Crippen LogP) is 3.40. The molecule has 1 aromatic heterocycles. The number of nitrogens with zero attached hydrogens (tertiary/aromatic N) is 3. The van der Waals surface area contributed by atoms with Gasteiger partial charge in [-0.05, 0) is 49.9 Å². The van der Waals surface area contributed by atoms with Gasteiger partial charge in [-0.25, -0.2) is 9.18 Å². The Hall–Kier alpha value is -2.37. The molecule has 2 heterocycles. The Morgan fingerprint density at radius 1 is 1.36 bits per heavy atom. The monoisotopic (exact) mass is 344 g/mol. The number of aromatic nitrogens is 2. The van der Waals surface area contributed by atoms with E-state index in [4.69, 9.17) is 0 Å². The lowest BCUT2D eigenvalue weighted by Gasteiger charge is -2.31. The second-order valence-corrected chi connectivity index (χ2v) is 6.70. The molecule has 0 radical (unpaired) electrons. The number of nitrogens with one attached hydrogen (secondary N) is 1. The summed E-state index contributed by atoms with van der Waals surface area (Å²) in [5, 5.41) is 7.60. The lowest BCUT2D eigenvalue weighted by Crippen LogP contribution is -2.44. The van der Waals surface area contributed by atoms with Gasteiger partial charge in [0.15, 0.2) is 0 Å². The molecule has 0 aliphatic carbocycles. The fraction of sp³-hybridized carbons (Fsp3) is 0.474. The van der Waals surface area contributed by atoms with Crippen LogP contribution in [0.15, 0.2) is 18.2 Å². The van der Waals surface area contributed by atoms with E-state index >= 15 is 0 Å². The van der Waals surface area contributed by atoms with Crippen molar-refractivity contribution >= 4 is 6.03 Å². The van der Waals surface area contributed by atoms with Gasteiger partial charge in [0.1, 0.15) is 5.82 Å². The van der Waals surface area contributed by atoms with Crippen molar-refractivity contribution in [3.05, 3.63) is 52.1 Å². The van der Waals surface area contributed by atoms with Gasteiger partial charge in [-0.1, -0.05) is 13.0 Å². The van der Waals surface area contributed by atoms with Gasteiger partial charge in [-0.2, -0.15) is 5.10 Å². The van der Waals surface area contributed by atoms with E-state index in [1.54, 1.807) is 17.0 Å². The second kappa shape index (κ2) is 6.86. The molecule has 3 rings (SSSR count). The van der Waals surface area contributed by atoms with E-state index in [0.717, 1.165) is 34.5 Å². The quantitative estimate of drug-likeness (QED) is 0.928. The number of hydrogen-bond donors (Lipinski definition) is 1. The number of benzene rings is 1. The van der Waals surface area contributed by atoms with Crippen LogP contribution in [0.4, 0.5) is 9.18 Å². The van der Waals surface area contributed by atoms with E-state index in [1.165, 1.54) is 6.07 Å². The Kier molecular flexibility index (Phi) is 4.79. The normalized spacial score (nSPS) is 15.0. The molecule has 0 saturated carbocycles. The first-order valence-electron chi connectivity index (χ1n) is 8.73. The molecule has 0 fully saturated rings. The van der Waals surface area contributed by atoms with E-state index in [-0.39, 0.29) is 17.9 Å². The van der Waals surface area contributed by atoms with Gasteiger partial charge in [0.2, 0.25) is 0 Å². The Balaban J connectivity index is 1.74. The SMILES string of the molecule is CCC(NC(=O)N1CCc2cc(F)ccc2C1)c1c(C)nn(C)c1C. The van der Waals surface area contributed by atoms with Crippen LogP contribution in [0.1, 0.15) is 47.5 Å². The van der Waals surface area contributed by atoms with Gasteiger partial charge in [0, 0.05) is 31.4 Å². The number of urea groups is 1. The maximum atomic E-state index is 13.3. The summed E-state index contributed by atoms with van der Waals surface area (Å²) in [6.45, 7) is 7.18. The molecule has 1 aliphatic rings. The number of carbonyl (C=O) groups is 1. The summed E-state index contributed by atoms with van der Waals surface area (Å²) in [4.78, 5) is 14.6. The molecule has 1 unspecified atom stereocenters. The van der Waals surface area contributed by atoms with E-state index in [9.17, 15) is 9.18 Å². The second-order valence-electron chi connectivity index (χ2n) is 6.70. The average Bonchev–Trinajstić information content (AvgIpc) is 2.84. The van der Waals surface area contributed by atoms with Crippen LogP contribution < -0.4 is 5.32 Å². The molecular weight excluding hydrogens is 319 g/mol. The summed E-state index contributed by atoms with van der Waals surface area (Å²) in [6, 6.07) is 4.66. The molecule has 0 spiro atoms. The zero-order chi connectivity index (χ0) is 18.1. The van der Waals surface area contributed by atoms with Crippen LogP contribution in [0.25, 0.3) is 0 Å². The third kappa shape index (κ3) is 3.38. The van der Waals surface area contributed by atoms with Gasteiger partial charge in [-0.15, -0.1) is 0 Å². The predicted molar refractivity (Wildman–Crippen MR) is 94.8 cm³/mol. The van der Waals surface area contributed by atoms with Crippen molar-refractivity contribution in [1.82, 2.24) is 20.0 Å². The minimum atomic E-state index is -0.217. The highest BCUT2D eigenvalue weighted by Crippen LogP contribution is 2.25. The standard InChI is InChI=1S/C19H25FN4O/c1-5-17(18-12(2)22-23(4)13(18)3)21-19(25)24-9-8-14-10-16(20)7-6-15(14)11-24/h6-7,10,17H,5,8-9,11H2,1-4H3,(H,21,25). The first-order valence-corrected chi connectivity index (χ1v) is 8.73. The minimum absolute atomic E-state index is 0.0594. The number of amides is 2. The summed E-state index contributed by atoms with van der Waals surface area (Å²) in [5.41, 5.74) is 5.13. The Bertz CT molecular complexity index is 799. The molecule has 134 valence electrons. The Morgan fingerprint density at radius 3 is 2.76 bits per heavy atom. The molecular formula is C19H25FN4O. The van der Waals surface area contributed by atoms with Crippen molar-refractivity contribution in [2.24, 2.45) is 7.05 Å². The van der Waals surface area contributed by atoms with Crippen LogP contribution in [0.5, 0.6) is 0 Å². The molecule has 0 saturated heterocycles. The zero-order valence-electron chi connectivity index (χ0n) is 15.3. The molecule has 0 bridgehead atoms. The van der Waals surface area contributed by atoms with Crippen molar-refractivity contribution in [1.29, 1.82) is 0 Å². The number of aryl methyl sites for hydroxylation is 2. The van der Waals surface area contributed by atoms with Crippen molar-refractivity contribution < 1.29 is 9.18 Å². The number of halogens is 1. The van der Waals surface area contributed by atoms with Gasteiger partial charge >= 0.3 is 6.03 Å². The van der Waals surface area contributed by atoms with E-state index < -0.39 is 0 Å². The largest absolute Gasteiger partial charge is 0.331 e. The smallest absolute Gasteiger partial charge is 0.318 e. The molecule has 6 heteroatoms. The van der Waals surface area contributed by atoms with E-state index in [1.807, 2.05) is 25.6 Å². The van der Waals surface area contributed by atoms with Gasteiger partial charge in [0.05, 0.1) is 11.7 Å². The van der Waals surface area contributed by atoms with Crippen LogP contribution in [-0.2, 0) is 20.0 Å². The maximum Gasteiger partial charge on any atom is 0.318 e. The maximum absolute atomic E-state index is 13.3. The van der Waals surface area contributed by atoms with Crippen molar-refractivity contribution in [2.75, 3.05) is 6.54 Å². The first-order chi connectivity index (χ1) is 11.9. The lowest BCUT2D eigenvalue weighted by molar-refractivity contribution is 0.188. The zero-order valence-corrected chi connectivity index (χ0v) is 15.3. The average molecular weight is 344 g/mol. The highest BCUT2D eigenvalue weighted by atomic mass is 19.1. The third-order valence-corrected chi connectivity index (χ3v) is 5.09. The molecule has 1 atom stereocenters. The summed E-state index contributed by atoms with van der Waals surface area (Å²) in [5.74, 6) is -0.217. The molecule has 1 aliphatic heterocycles. The number of rotatable bonds is 3. The highest BCUT2D eigenvalue weighted by molar-refractivity contribution is 5.75. The fourth-order valence-corrected chi connectivity index (χ4v) is 3.61. The number of fused-ring (bicyclic) bond motifs is 1. The molecule has 25 heavy (non-hydrogen) atoms. The lowest BCUT2D eigenvalue weighted by atomic mass is 9.99. The van der Waals surface area contributed by atoms with Crippen LogP contribution in [0.3, 0.4) is 0 Å². The van der Waals surface area contributed by atoms with Crippen LogP contribution in [0.2, 0.25) is 0 Å². The highest BCUT2D eigenvalue weighted by Gasteiger charge is 2.25. The first kappa shape index (κ1) is 17.5. The number of hydrogen-bond acceptors (Lipinski definition) is 2. The fourth-order valence-electron chi connectivity index (χ4n) is 3.61. The van der Waals surface area contributed by atoms with Gasteiger partial charge in [0.25, 0.3) is 0 Å². The van der Waals surface area contributed by atoms with E-state index in [0.29, 0.717) is 19.5 Å². The summed E-state index contributed by atoms with van der Waals surface area (Å²) in [7, 11) is 1.92. The molecule has 2 aromatic rings. The van der Waals surface area contributed by atoms with E-state index in [2.05, 4.69) is 17.3 Å². The summed E-state index contributed by atoms with van der Waals surface area (Å²) < 4.78 is 15.2. The van der Waals surface area contributed by atoms with Crippen molar-refractivity contribution in [2.45, 2.75) is 46.2 Å². The summed E-state index contributed by atoms with van der Waals surface area (Å²) in [6.07, 6.45) is 1.48. The van der Waals surface area contributed by atoms with Gasteiger partial charge in [-0.3, -0.25) is 4.68 Å². The van der Waals surface area contributed by atoms with Crippen molar-refractivity contribution in [3.8, 4) is 0 Å². The molecule has 1 aromatic carbocycles. The molecule has 5 nitrogen and oxygen atoms in total. The number of carbonyl (C=O) groups excluding carboxylic acids is 1. The topological polar surface area (TPSA) is 50.2 Å². The Labute approximate surface area is 147 Å². The molecule has 2 amide bonds. The minimum Gasteiger partial charge on any atom is -0.331 e. The van der Waals surface area contributed by atoms with Crippen molar-refractivity contribution in [3.63, 3.8) is 0 Å². The van der Waals surface area contributed by atoms with Crippen LogP contribution >= 0.6 is 0 Å².